The molecule has 0 aromatic heterocycles. The van der Waals surface area contributed by atoms with Gasteiger partial charge in [-0.25, -0.2) is 17.8 Å². The van der Waals surface area contributed by atoms with Crippen LogP contribution in [0.5, 0.6) is 0 Å². The Morgan fingerprint density at radius 1 is 1.33 bits per heavy atom. The number of sulfone groups is 1. The first-order valence-electron chi connectivity index (χ1n) is 7.51. The number of halogens is 1. The minimum Gasteiger partial charge on any atom is -0.321 e. The van der Waals surface area contributed by atoms with Crippen molar-refractivity contribution >= 4 is 33.1 Å². The monoisotopic (exact) mass is 353 g/mol. The van der Waals surface area contributed by atoms with E-state index in [1.165, 1.54) is 24.3 Å². The molecule has 0 bridgehead atoms. The molecule has 1 N–H and O–H groups in total. The summed E-state index contributed by atoms with van der Waals surface area (Å²) in [4.78, 5) is 24.3. The molecule has 9 heteroatoms. The quantitative estimate of drug-likeness (QED) is 0.874. The first kappa shape index (κ1) is 16.6. The molecule has 7 nitrogen and oxygen atoms in total. The summed E-state index contributed by atoms with van der Waals surface area (Å²) in [6.45, 7) is 0. The summed E-state index contributed by atoms with van der Waals surface area (Å²) >= 11 is 0. The van der Waals surface area contributed by atoms with Crippen LogP contribution in [0.1, 0.15) is 19.3 Å². The highest BCUT2D eigenvalue weighted by atomic mass is 32.2. The molecule has 0 radical (unpaired) electrons. The molecule has 24 heavy (non-hydrogen) atoms. The van der Waals surface area contributed by atoms with Crippen LogP contribution in [0.4, 0.5) is 10.1 Å². The van der Waals surface area contributed by atoms with Crippen molar-refractivity contribution in [3.63, 3.8) is 0 Å². The third kappa shape index (κ3) is 3.61. The lowest BCUT2D eigenvalue weighted by Crippen LogP contribution is -2.42. The van der Waals surface area contributed by atoms with Gasteiger partial charge in [0.1, 0.15) is 11.5 Å². The van der Waals surface area contributed by atoms with Gasteiger partial charge in [-0.15, -0.1) is 0 Å². The minimum absolute atomic E-state index is 0.0157. The second kappa shape index (κ2) is 6.31. The van der Waals surface area contributed by atoms with Gasteiger partial charge in [-0.05, 0) is 24.6 Å². The topological polar surface area (TPSA) is 95.9 Å². The number of benzene rings is 1. The maximum absolute atomic E-state index is 13.2. The zero-order valence-electron chi connectivity index (χ0n) is 12.7. The highest BCUT2D eigenvalue weighted by Gasteiger charge is 2.37. The Balaban J connectivity index is 1.76. The molecule has 0 spiro atoms. The van der Waals surface area contributed by atoms with E-state index in [0.717, 1.165) is 5.01 Å². The molecule has 1 aromatic carbocycles. The lowest BCUT2D eigenvalue weighted by Gasteiger charge is -2.27. The zero-order chi connectivity index (χ0) is 17.3. The molecule has 2 aliphatic rings. The second-order valence-electron chi connectivity index (χ2n) is 5.81. The molecule has 2 heterocycles. The van der Waals surface area contributed by atoms with Crippen LogP contribution in [0, 0.1) is 5.82 Å². The van der Waals surface area contributed by atoms with Crippen LogP contribution in [0.25, 0.3) is 0 Å². The van der Waals surface area contributed by atoms with E-state index in [0.29, 0.717) is 6.42 Å². The molecule has 1 saturated heterocycles. The molecule has 0 aliphatic carbocycles. The van der Waals surface area contributed by atoms with Crippen molar-refractivity contribution in [2.24, 2.45) is 5.10 Å². The fourth-order valence-corrected chi connectivity index (χ4v) is 4.45. The highest BCUT2D eigenvalue weighted by Crippen LogP contribution is 2.22. The minimum atomic E-state index is -3.16. The first-order valence-corrected chi connectivity index (χ1v) is 9.33. The fraction of sp³-hybridized carbons (Fsp3) is 0.400. The van der Waals surface area contributed by atoms with Crippen molar-refractivity contribution in [2.45, 2.75) is 25.3 Å². The van der Waals surface area contributed by atoms with Gasteiger partial charge in [-0.1, -0.05) is 6.07 Å². The summed E-state index contributed by atoms with van der Waals surface area (Å²) in [6, 6.07) is 4.91. The number of hydrogen-bond acceptors (Lipinski definition) is 5. The van der Waals surface area contributed by atoms with Crippen molar-refractivity contribution in [3.05, 3.63) is 30.1 Å². The number of nitrogens with one attached hydrogen (secondary N) is 1. The summed E-state index contributed by atoms with van der Waals surface area (Å²) < 4.78 is 36.3. The maximum Gasteiger partial charge on any atom is 0.271 e. The van der Waals surface area contributed by atoms with Crippen LogP contribution in [0.2, 0.25) is 0 Å². The maximum atomic E-state index is 13.2. The van der Waals surface area contributed by atoms with E-state index in [-0.39, 0.29) is 41.7 Å². The third-order valence-corrected chi connectivity index (χ3v) is 5.71. The van der Waals surface area contributed by atoms with Gasteiger partial charge in [0.05, 0.1) is 17.5 Å². The van der Waals surface area contributed by atoms with E-state index in [1.807, 2.05) is 0 Å². The number of carbonyl (C=O) groups is 2. The zero-order valence-corrected chi connectivity index (χ0v) is 13.6. The van der Waals surface area contributed by atoms with Crippen LogP contribution >= 0.6 is 0 Å². The number of hydrazone groups is 1. The van der Waals surface area contributed by atoms with Crippen LogP contribution in [-0.2, 0) is 19.4 Å². The summed E-state index contributed by atoms with van der Waals surface area (Å²) in [5.74, 6) is -1.42. The summed E-state index contributed by atoms with van der Waals surface area (Å²) in [5.41, 5.74) is 0.415. The summed E-state index contributed by atoms with van der Waals surface area (Å²) in [5, 5.41) is 7.71. The Labute approximate surface area is 138 Å². The standard InChI is InChI=1S/C15H16FN3O4S/c16-10-2-1-3-11(8-10)17-15(21)13-4-5-14(20)19(18-13)12-6-7-24(22,23)9-12/h1-3,8,12H,4-7,9H2,(H,17,21)/t12-/m0/s1. The number of hydrogen-bond donors (Lipinski definition) is 1. The third-order valence-electron chi connectivity index (χ3n) is 3.96. The molecular formula is C15H16FN3O4S. The Hall–Kier alpha value is -2.29. The van der Waals surface area contributed by atoms with Crippen LogP contribution < -0.4 is 5.32 Å². The molecule has 1 atom stereocenters. The van der Waals surface area contributed by atoms with E-state index in [4.69, 9.17) is 0 Å². The fourth-order valence-electron chi connectivity index (χ4n) is 2.76. The van der Waals surface area contributed by atoms with E-state index in [1.54, 1.807) is 0 Å². The van der Waals surface area contributed by atoms with Gasteiger partial charge in [0, 0.05) is 18.5 Å². The van der Waals surface area contributed by atoms with Gasteiger partial charge in [0.2, 0.25) is 5.91 Å². The van der Waals surface area contributed by atoms with Crippen molar-refractivity contribution in [1.29, 1.82) is 0 Å². The highest BCUT2D eigenvalue weighted by molar-refractivity contribution is 7.91. The number of amides is 2. The van der Waals surface area contributed by atoms with Crippen molar-refractivity contribution < 1.29 is 22.4 Å². The Bertz CT molecular complexity index is 822. The molecule has 1 aromatic rings. The van der Waals surface area contributed by atoms with Crippen molar-refractivity contribution in [1.82, 2.24) is 5.01 Å². The van der Waals surface area contributed by atoms with Crippen LogP contribution in [-0.4, -0.2) is 48.5 Å². The molecule has 0 saturated carbocycles. The van der Waals surface area contributed by atoms with Gasteiger partial charge in [0.25, 0.3) is 5.91 Å². The number of carbonyl (C=O) groups excluding carboxylic acids is 2. The van der Waals surface area contributed by atoms with Gasteiger partial charge >= 0.3 is 0 Å². The lowest BCUT2D eigenvalue weighted by atomic mass is 10.1. The van der Waals surface area contributed by atoms with E-state index in [9.17, 15) is 22.4 Å². The van der Waals surface area contributed by atoms with Crippen molar-refractivity contribution in [2.75, 3.05) is 16.8 Å². The smallest absolute Gasteiger partial charge is 0.271 e. The predicted octanol–water partition coefficient (Wildman–Crippen LogP) is 0.930. The first-order chi connectivity index (χ1) is 11.3. The molecular weight excluding hydrogens is 337 g/mol. The normalized spacial score (nSPS) is 23.0. The van der Waals surface area contributed by atoms with E-state index >= 15 is 0 Å². The molecule has 2 amide bonds. The van der Waals surface area contributed by atoms with Gasteiger partial charge < -0.3 is 5.32 Å². The Morgan fingerprint density at radius 3 is 2.79 bits per heavy atom. The van der Waals surface area contributed by atoms with E-state index in [2.05, 4.69) is 10.4 Å². The summed E-state index contributed by atoms with van der Waals surface area (Å²) in [6.07, 6.45) is 0.568. The molecule has 0 unspecified atom stereocenters. The molecule has 1 fully saturated rings. The van der Waals surface area contributed by atoms with Gasteiger partial charge in [0.15, 0.2) is 9.84 Å². The Kier molecular flexibility index (Phi) is 4.35. The number of anilines is 1. The molecule has 128 valence electrons. The average Bonchev–Trinajstić information content (AvgIpc) is 2.87. The summed E-state index contributed by atoms with van der Waals surface area (Å²) in [7, 11) is -3.16. The Morgan fingerprint density at radius 2 is 2.12 bits per heavy atom. The van der Waals surface area contributed by atoms with Gasteiger partial charge in [-0.2, -0.15) is 5.10 Å². The average molecular weight is 353 g/mol. The number of rotatable bonds is 3. The largest absolute Gasteiger partial charge is 0.321 e. The van der Waals surface area contributed by atoms with Crippen LogP contribution in [0.15, 0.2) is 29.4 Å². The molecule has 3 rings (SSSR count). The van der Waals surface area contributed by atoms with E-state index < -0.39 is 27.6 Å². The number of nitrogens with zero attached hydrogens (tertiary/aromatic N) is 2. The van der Waals surface area contributed by atoms with Gasteiger partial charge in [-0.3, -0.25) is 9.59 Å². The SMILES string of the molecule is O=C(Nc1cccc(F)c1)C1=NN([C@H]2CCS(=O)(=O)C2)C(=O)CC1. The predicted molar refractivity (Wildman–Crippen MR) is 85.6 cm³/mol. The second-order valence-corrected chi connectivity index (χ2v) is 8.04. The van der Waals surface area contributed by atoms with Crippen molar-refractivity contribution in [3.8, 4) is 0 Å². The lowest BCUT2D eigenvalue weighted by molar-refractivity contribution is -0.133. The molecule has 2 aliphatic heterocycles. The van der Waals surface area contributed by atoms with Crippen LogP contribution in [0.3, 0.4) is 0 Å².